The minimum Gasteiger partial charge on any atom is -0.287 e. The van der Waals surface area contributed by atoms with Crippen LogP contribution in [0.5, 0.6) is 0 Å². The van der Waals surface area contributed by atoms with Gasteiger partial charge in [0.2, 0.25) is 0 Å². The summed E-state index contributed by atoms with van der Waals surface area (Å²) >= 11 is 5.79. The SMILES string of the molecule is [2H]C([2H])(Cl)c1cccnc1-n1ccnc1C1CC1. The van der Waals surface area contributed by atoms with Crippen LogP contribution >= 0.6 is 11.6 Å². The molecule has 1 aliphatic rings. The molecule has 3 nitrogen and oxygen atoms in total. The van der Waals surface area contributed by atoms with Crippen molar-refractivity contribution >= 4 is 11.6 Å². The van der Waals surface area contributed by atoms with Crippen molar-refractivity contribution in [2.45, 2.75) is 24.6 Å². The second-order valence-corrected chi connectivity index (χ2v) is 4.09. The zero-order chi connectivity index (χ0) is 12.8. The summed E-state index contributed by atoms with van der Waals surface area (Å²) in [6, 6.07) is 3.35. The van der Waals surface area contributed by atoms with Gasteiger partial charge in [-0.3, -0.25) is 4.57 Å². The van der Waals surface area contributed by atoms with Gasteiger partial charge >= 0.3 is 0 Å². The van der Waals surface area contributed by atoms with Crippen LogP contribution in [0.3, 0.4) is 0 Å². The van der Waals surface area contributed by atoms with Crippen LogP contribution in [0.4, 0.5) is 0 Å². The molecule has 4 heteroatoms. The van der Waals surface area contributed by atoms with E-state index in [1.807, 2.05) is 10.8 Å². The fourth-order valence-corrected chi connectivity index (χ4v) is 1.95. The smallest absolute Gasteiger partial charge is 0.142 e. The van der Waals surface area contributed by atoms with Crippen LogP contribution in [0.25, 0.3) is 5.82 Å². The van der Waals surface area contributed by atoms with Gasteiger partial charge in [-0.05, 0) is 18.9 Å². The molecule has 0 N–H and O–H groups in total. The second kappa shape index (κ2) is 3.91. The van der Waals surface area contributed by atoms with E-state index in [0.29, 0.717) is 17.3 Å². The van der Waals surface area contributed by atoms with E-state index in [0.717, 1.165) is 18.7 Å². The fraction of sp³-hybridized carbons (Fsp3) is 0.333. The van der Waals surface area contributed by atoms with Crippen molar-refractivity contribution in [3.8, 4) is 5.82 Å². The standard InChI is InChI=1S/C12H12ClN3/c13-8-10-2-1-5-14-12(10)16-7-6-15-11(16)9-3-4-9/h1-2,5-7,9H,3-4,8H2/i8D2. The molecule has 82 valence electrons. The van der Waals surface area contributed by atoms with Crippen LogP contribution < -0.4 is 0 Å². The maximum absolute atomic E-state index is 7.67. The van der Waals surface area contributed by atoms with Crippen LogP contribution in [0.15, 0.2) is 30.7 Å². The zero-order valence-electron chi connectivity index (χ0n) is 10.6. The molecule has 16 heavy (non-hydrogen) atoms. The Morgan fingerprint density at radius 1 is 1.44 bits per heavy atom. The lowest BCUT2D eigenvalue weighted by molar-refractivity contribution is 0.849. The minimum atomic E-state index is -1.94. The highest BCUT2D eigenvalue weighted by molar-refractivity contribution is 6.17. The minimum absolute atomic E-state index is 0.367. The highest BCUT2D eigenvalue weighted by atomic mass is 35.5. The van der Waals surface area contributed by atoms with Crippen molar-refractivity contribution in [3.05, 3.63) is 42.1 Å². The average molecular weight is 236 g/mol. The molecule has 0 atom stereocenters. The molecule has 2 aromatic rings. The summed E-state index contributed by atoms with van der Waals surface area (Å²) in [5.41, 5.74) is 0.367. The van der Waals surface area contributed by atoms with Gasteiger partial charge in [-0.25, -0.2) is 9.97 Å². The van der Waals surface area contributed by atoms with E-state index in [1.165, 1.54) is 0 Å². The third kappa shape index (κ3) is 1.61. The van der Waals surface area contributed by atoms with Crippen LogP contribution in [-0.4, -0.2) is 14.5 Å². The highest BCUT2D eigenvalue weighted by Crippen LogP contribution is 2.39. The maximum Gasteiger partial charge on any atom is 0.142 e. The van der Waals surface area contributed by atoms with Gasteiger partial charge in [-0.2, -0.15) is 0 Å². The van der Waals surface area contributed by atoms with Gasteiger partial charge in [0.1, 0.15) is 11.6 Å². The number of aromatic nitrogens is 3. The Morgan fingerprint density at radius 3 is 3.06 bits per heavy atom. The van der Waals surface area contributed by atoms with Crippen molar-refractivity contribution in [1.82, 2.24) is 14.5 Å². The monoisotopic (exact) mass is 235 g/mol. The highest BCUT2D eigenvalue weighted by Gasteiger charge is 2.28. The van der Waals surface area contributed by atoms with Crippen molar-refractivity contribution in [2.75, 3.05) is 0 Å². The second-order valence-electron chi connectivity index (χ2n) is 3.90. The van der Waals surface area contributed by atoms with Crippen LogP contribution in [-0.2, 0) is 5.83 Å². The fourth-order valence-electron chi connectivity index (χ4n) is 1.80. The first kappa shape index (κ1) is 7.85. The molecule has 0 saturated heterocycles. The lowest BCUT2D eigenvalue weighted by atomic mass is 10.3. The predicted octanol–water partition coefficient (Wildman–Crippen LogP) is 2.88. The van der Waals surface area contributed by atoms with Crippen molar-refractivity contribution < 1.29 is 2.74 Å². The van der Waals surface area contributed by atoms with Gasteiger partial charge in [0.15, 0.2) is 0 Å². The quantitative estimate of drug-likeness (QED) is 0.766. The summed E-state index contributed by atoms with van der Waals surface area (Å²) in [5, 5.41) is 0. The Balaban J connectivity index is 2.14. The normalized spacial score (nSPS) is 18.1. The Hall–Kier alpha value is -1.35. The van der Waals surface area contributed by atoms with Gasteiger partial charge in [0.25, 0.3) is 0 Å². The maximum atomic E-state index is 7.67. The molecule has 3 rings (SSSR count). The van der Waals surface area contributed by atoms with Crippen molar-refractivity contribution in [1.29, 1.82) is 0 Å². The molecule has 0 unspecified atom stereocenters. The van der Waals surface area contributed by atoms with Gasteiger partial charge in [0.05, 0.1) is 5.83 Å². The van der Waals surface area contributed by atoms with Crippen molar-refractivity contribution in [3.63, 3.8) is 0 Å². The van der Waals surface area contributed by atoms with Crippen LogP contribution in [0.1, 0.15) is 32.9 Å². The van der Waals surface area contributed by atoms with E-state index in [-0.39, 0.29) is 0 Å². The number of rotatable bonds is 3. The summed E-state index contributed by atoms with van der Waals surface area (Å²) in [5.74, 6) is -0.00174. The molecule has 1 saturated carbocycles. The van der Waals surface area contributed by atoms with E-state index in [2.05, 4.69) is 9.97 Å². The number of alkyl halides is 1. The number of imidazole rings is 1. The topological polar surface area (TPSA) is 30.7 Å². The third-order valence-electron chi connectivity index (χ3n) is 2.73. The molecule has 1 fully saturated rings. The zero-order valence-corrected chi connectivity index (χ0v) is 9.35. The van der Waals surface area contributed by atoms with E-state index in [4.69, 9.17) is 14.3 Å². The number of nitrogens with zero attached hydrogens (tertiary/aromatic N) is 3. The number of pyridine rings is 1. The third-order valence-corrected chi connectivity index (χ3v) is 2.93. The first-order valence-corrected chi connectivity index (χ1v) is 5.63. The Labute approximate surface area is 102 Å². The van der Waals surface area contributed by atoms with Crippen LogP contribution in [0, 0.1) is 0 Å². The van der Waals surface area contributed by atoms with Crippen molar-refractivity contribution in [2.24, 2.45) is 0 Å². The van der Waals surface area contributed by atoms with E-state index in [9.17, 15) is 0 Å². The Bertz CT molecular complexity index is 573. The van der Waals surface area contributed by atoms with E-state index in [1.54, 1.807) is 24.5 Å². The summed E-state index contributed by atoms with van der Waals surface area (Å²) in [4.78, 5) is 8.59. The summed E-state index contributed by atoms with van der Waals surface area (Å²) < 4.78 is 17.2. The number of halogens is 1. The number of hydrogen-bond donors (Lipinski definition) is 0. The Morgan fingerprint density at radius 2 is 2.31 bits per heavy atom. The molecular weight excluding hydrogens is 222 g/mol. The summed E-state index contributed by atoms with van der Waals surface area (Å²) in [6.07, 6.45) is 7.43. The largest absolute Gasteiger partial charge is 0.287 e. The van der Waals surface area contributed by atoms with Gasteiger partial charge in [-0.15, -0.1) is 11.6 Å². The molecule has 0 aliphatic heterocycles. The van der Waals surface area contributed by atoms with E-state index < -0.39 is 5.83 Å². The van der Waals surface area contributed by atoms with Crippen LogP contribution in [0.2, 0.25) is 0 Å². The summed E-state index contributed by atoms with van der Waals surface area (Å²) in [6.45, 7) is 0. The van der Waals surface area contributed by atoms with Gasteiger partial charge < -0.3 is 0 Å². The Kier molecular flexibility index (Phi) is 1.92. The molecule has 0 aromatic carbocycles. The lowest BCUT2D eigenvalue weighted by Crippen LogP contribution is -2.04. The molecule has 0 radical (unpaired) electrons. The molecule has 1 aliphatic carbocycles. The molecule has 0 bridgehead atoms. The molecular formula is C12H12ClN3. The average Bonchev–Trinajstić information content (AvgIpc) is 3.06. The molecule has 0 amide bonds. The lowest BCUT2D eigenvalue weighted by Gasteiger charge is -2.09. The summed E-state index contributed by atoms with van der Waals surface area (Å²) in [7, 11) is 0. The first-order chi connectivity index (χ1) is 8.57. The van der Waals surface area contributed by atoms with Gasteiger partial charge in [-0.1, -0.05) is 6.07 Å². The molecule has 2 aromatic heterocycles. The predicted molar refractivity (Wildman–Crippen MR) is 62.9 cm³/mol. The van der Waals surface area contributed by atoms with E-state index >= 15 is 0 Å². The molecule has 0 spiro atoms. The van der Waals surface area contributed by atoms with Gasteiger partial charge in [0, 0.05) is 32.8 Å². The number of hydrogen-bond acceptors (Lipinski definition) is 2. The first-order valence-electron chi connectivity index (χ1n) is 6.25. The molecule has 2 heterocycles.